The van der Waals surface area contributed by atoms with E-state index in [2.05, 4.69) is 9.98 Å². The molecular formula is C13H14N2O3. The zero-order valence-corrected chi connectivity index (χ0v) is 10.3. The molecule has 0 fully saturated rings. The molecule has 0 radical (unpaired) electrons. The minimum atomic E-state index is 0.167. The van der Waals surface area contributed by atoms with Crippen molar-refractivity contribution in [2.75, 3.05) is 0 Å². The van der Waals surface area contributed by atoms with Crippen LogP contribution in [0.4, 0.5) is 0 Å². The van der Waals surface area contributed by atoms with E-state index < -0.39 is 0 Å². The fraction of sp³-hybridized carbons (Fsp3) is 0.308. The van der Waals surface area contributed by atoms with Gasteiger partial charge in [-0.25, -0.2) is 19.6 Å². The molecule has 0 aliphatic carbocycles. The van der Waals surface area contributed by atoms with Gasteiger partial charge < -0.3 is 4.79 Å². The van der Waals surface area contributed by atoms with Crippen LogP contribution in [0.15, 0.2) is 34.3 Å². The molecule has 0 unspecified atom stereocenters. The molecule has 0 amide bonds. The lowest BCUT2D eigenvalue weighted by atomic mass is 10.1. The summed E-state index contributed by atoms with van der Waals surface area (Å²) < 4.78 is 0. The fourth-order valence-electron chi connectivity index (χ4n) is 1.07. The molecule has 0 atom stereocenters. The van der Waals surface area contributed by atoms with Crippen molar-refractivity contribution in [3.8, 4) is 0 Å². The molecule has 0 aromatic heterocycles. The molecule has 0 spiro atoms. The number of aliphatic imine (C=N–C) groups is 2. The van der Waals surface area contributed by atoms with Gasteiger partial charge in [0.2, 0.25) is 12.2 Å². The second kappa shape index (κ2) is 9.85. The number of carbonyl (C=O) groups is 1. The number of ketones is 1. The van der Waals surface area contributed by atoms with Gasteiger partial charge in [-0.3, -0.25) is 0 Å². The number of nitrogens with zero attached hydrogens (tertiary/aromatic N) is 2. The van der Waals surface area contributed by atoms with Gasteiger partial charge in [-0.05, 0) is 25.0 Å². The summed E-state index contributed by atoms with van der Waals surface area (Å²) in [5.41, 5.74) is 1.79. The van der Waals surface area contributed by atoms with Crippen LogP contribution < -0.4 is 0 Å². The zero-order valence-electron chi connectivity index (χ0n) is 10.3. The van der Waals surface area contributed by atoms with Crippen LogP contribution in [0.2, 0.25) is 0 Å². The average molecular weight is 246 g/mol. The van der Waals surface area contributed by atoms with Crippen LogP contribution in [0.1, 0.15) is 25.0 Å². The number of carbonyl (C=O) groups excluding carboxylic acids is 3. The van der Waals surface area contributed by atoms with Gasteiger partial charge >= 0.3 is 0 Å². The Kier molecular flexibility index (Phi) is 8.56. The van der Waals surface area contributed by atoms with Gasteiger partial charge in [-0.2, -0.15) is 0 Å². The highest BCUT2D eigenvalue weighted by atomic mass is 16.1. The first-order valence-corrected chi connectivity index (χ1v) is 5.22. The number of hydrogen-bond acceptors (Lipinski definition) is 5. The minimum Gasteiger partial charge on any atom is -0.300 e. The van der Waals surface area contributed by atoms with Gasteiger partial charge in [0.15, 0.2) is 0 Å². The van der Waals surface area contributed by atoms with Gasteiger partial charge in [0.25, 0.3) is 0 Å². The van der Waals surface area contributed by atoms with Crippen LogP contribution >= 0.6 is 0 Å². The smallest absolute Gasteiger partial charge is 0.235 e. The van der Waals surface area contributed by atoms with Crippen molar-refractivity contribution >= 4 is 17.9 Å². The van der Waals surface area contributed by atoms with Crippen LogP contribution in [-0.4, -0.2) is 17.9 Å². The van der Waals surface area contributed by atoms with E-state index in [1.807, 2.05) is 24.3 Å². The number of rotatable bonds is 4. The van der Waals surface area contributed by atoms with E-state index in [4.69, 9.17) is 0 Å². The maximum absolute atomic E-state index is 9.87. The Hall–Kier alpha value is -2.35. The number of isocyanates is 2. The van der Waals surface area contributed by atoms with Crippen molar-refractivity contribution in [2.24, 2.45) is 9.98 Å². The van der Waals surface area contributed by atoms with Gasteiger partial charge in [0.1, 0.15) is 5.78 Å². The van der Waals surface area contributed by atoms with E-state index in [0.29, 0.717) is 13.1 Å². The van der Waals surface area contributed by atoms with Crippen molar-refractivity contribution in [1.29, 1.82) is 0 Å². The van der Waals surface area contributed by atoms with E-state index in [1.54, 1.807) is 0 Å². The number of benzene rings is 1. The Morgan fingerprint density at radius 1 is 1.06 bits per heavy atom. The summed E-state index contributed by atoms with van der Waals surface area (Å²) in [5.74, 6) is 0.167. The molecule has 5 heteroatoms. The summed E-state index contributed by atoms with van der Waals surface area (Å²) in [6, 6.07) is 7.34. The van der Waals surface area contributed by atoms with Crippen molar-refractivity contribution in [3.05, 3.63) is 35.4 Å². The molecule has 1 rings (SSSR count). The first kappa shape index (κ1) is 15.7. The molecule has 94 valence electrons. The summed E-state index contributed by atoms with van der Waals surface area (Å²) in [6.45, 7) is 3.67. The lowest BCUT2D eigenvalue weighted by molar-refractivity contribution is -0.114. The molecule has 18 heavy (non-hydrogen) atoms. The SMILES string of the molecule is CC(C)=O.O=C=NCc1cccc(CN=C=O)c1. The quantitative estimate of drug-likeness (QED) is 0.601. The first-order chi connectivity index (χ1) is 8.60. The number of hydrogen-bond donors (Lipinski definition) is 0. The van der Waals surface area contributed by atoms with Crippen LogP contribution in [0.3, 0.4) is 0 Å². The van der Waals surface area contributed by atoms with Crippen molar-refractivity contribution < 1.29 is 14.4 Å². The van der Waals surface area contributed by atoms with E-state index in [1.165, 1.54) is 26.0 Å². The van der Waals surface area contributed by atoms with Crippen LogP contribution in [-0.2, 0) is 27.5 Å². The Bertz CT molecular complexity index is 446. The molecule has 1 aromatic carbocycles. The van der Waals surface area contributed by atoms with Gasteiger partial charge in [-0.1, -0.05) is 24.3 Å². The average Bonchev–Trinajstić information content (AvgIpc) is 2.34. The third kappa shape index (κ3) is 8.92. The molecular weight excluding hydrogens is 232 g/mol. The summed E-state index contributed by atoms with van der Waals surface area (Å²) in [5, 5.41) is 0. The zero-order chi connectivity index (χ0) is 13.8. The number of Topliss-reactive ketones (excluding diaryl/α,β-unsaturated/α-hetero) is 1. The summed E-state index contributed by atoms with van der Waals surface area (Å²) in [7, 11) is 0. The standard InChI is InChI=1S/C10H8N2O2.C3H6O/c13-7-11-5-9-2-1-3-10(4-9)6-12-8-14;1-3(2)4/h1-4H,5-6H2;1-2H3. The molecule has 0 N–H and O–H groups in total. The molecule has 1 aromatic rings. The maximum Gasteiger partial charge on any atom is 0.235 e. The van der Waals surface area contributed by atoms with Crippen LogP contribution in [0, 0.1) is 0 Å². The molecule has 0 aliphatic rings. The second-order valence-corrected chi connectivity index (χ2v) is 3.54. The lowest BCUT2D eigenvalue weighted by Crippen LogP contribution is -1.85. The van der Waals surface area contributed by atoms with Gasteiger partial charge in [-0.15, -0.1) is 0 Å². The summed E-state index contributed by atoms with van der Waals surface area (Å²) >= 11 is 0. The first-order valence-electron chi connectivity index (χ1n) is 5.22. The van der Waals surface area contributed by atoms with Crippen LogP contribution in [0.5, 0.6) is 0 Å². The molecule has 0 saturated carbocycles. The summed E-state index contributed by atoms with van der Waals surface area (Å²) in [6.07, 6.45) is 2.94. The highest BCUT2D eigenvalue weighted by Crippen LogP contribution is 2.07. The molecule has 0 bridgehead atoms. The largest absolute Gasteiger partial charge is 0.300 e. The van der Waals surface area contributed by atoms with E-state index >= 15 is 0 Å². The molecule has 5 nitrogen and oxygen atoms in total. The summed E-state index contributed by atoms with van der Waals surface area (Å²) in [4.78, 5) is 36.1. The maximum atomic E-state index is 9.87. The molecule has 0 heterocycles. The fourth-order valence-corrected chi connectivity index (χ4v) is 1.07. The Balaban J connectivity index is 0.000000631. The van der Waals surface area contributed by atoms with E-state index in [9.17, 15) is 14.4 Å². The van der Waals surface area contributed by atoms with E-state index in [0.717, 1.165) is 11.1 Å². The third-order valence-corrected chi connectivity index (χ3v) is 1.64. The second-order valence-electron chi connectivity index (χ2n) is 3.54. The van der Waals surface area contributed by atoms with Gasteiger partial charge in [0, 0.05) is 0 Å². The predicted molar refractivity (Wildman–Crippen MR) is 66.4 cm³/mol. The Labute approximate surface area is 105 Å². The minimum absolute atomic E-state index is 0.167. The Morgan fingerprint density at radius 2 is 1.44 bits per heavy atom. The van der Waals surface area contributed by atoms with Crippen molar-refractivity contribution in [2.45, 2.75) is 26.9 Å². The van der Waals surface area contributed by atoms with E-state index in [-0.39, 0.29) is 5.78 Å². The van der Waals surface area contributed by atoms with Crippen LogP contribution in [0.25, 0.3) is 0 Å². The molecule has 0 aliphatic heterocycles. The normalized spacial score (nSPS) is 8.11. The third-order valence-electron chi connectivity index (χ3n) is 1.64. The molecule has 0 saturated heterocycles. The highest BCUT2D eigenvalue weighted by Gasteiger charge is 1.94. The Morgan fingerprint density at radius 3 is 1.78 bits per heavy atom. The van der Waals surface area contributed by atoms with Gasteiger partial charge in [0.05, 0.1) is 13.1 Å². The topological polar surface area (TPSA) is 75.9 Å². The highest BCUT2D eigenvalue weighted by molar-refractivity contribution is 5.72. The van der Waals surface area contributed by atoms with Crippen molar-refractivity contribution in [3.63, 3.8) is 0 Å². The van der Waals surface area contributed by atoms with Crippen molar-refractivity contribution in [1.82, 2.24) is 0 Å². The monoisotopic (exact) mass is 246 g/mol. The predicted octanol–water partition coefficient (Wildman–Crippen LogP) is 1.95. The lowest BCUT2D eigenvalue weighted by Gasteiger charge is -1.98.